The minimum absolute atomic E-state index is 0.137. The van der Waals surface area contributed by atoms with E-state index in [-0.39, 0.29) is 25.6 Å². The fourth-order valence-electron chi connectivity index (χ4n) is 1.72. The predicted octanol–water partition coefficient (Wildman–Crippen LogP) is 0.475. The summed E-state index contributed by atoms with van der Waals surface area (Å²) in [5.41, 5.74) is 0.692. The number of carbonyl (C=O) groups is 2. The van der Waals surface area contributed by atoms with Gasteiger partial charge in [-0.05, 0) is 36.4 Å². The molecule has 0 atom stereocenters. The largest absolute Gasteiger partial charge is 0.465 e. The molecule has 0 bridgehead atoms. The molecule has 9 heteroatoms. The molecule has 0 radical (unpaired) electrons. The van der Waals surface area contributed by atoms with Crippen LogP contribution in [0.3, 0.4) is 0 Å². The van der Waals surface area contributed by atoms with Crippen molar-refractivity contribution in [3.05, 3.63) is 23.9 Å². The summed E-state index contributed by atoms with van der Waals surface area (Å²) >= 11 is 0. The number of ether oxygens (including phenoxy) is 2. The Bertz CT molecular complexity index is 670. The van der Waals surface area contributed by atoms with Crippen LogP contribution in [0.5, 0.6) is 0 Å². The first-order valence-electron chi connectivity index (χ1n) is 6.71. The lowest BCUT2D eigenvalue weighted by Crippen LogP contribution is -2.16. The second-order valence-corrected chi connectivity index (χ2v) is 4.12. The molecular weight excluding hydrogens is 290 g/mol. The van der Waals surface area contributed by atoms with Crippen molar-refractivity contribution in [1.82, 2.24) is 25.2 Å². The van der Waals surface area contributed by atoms with E-state index >= 15 is 0 Å². The lowest BCUT2D eigenvalue weighted by molar-refractivity contribution is -0.144. The standard InChI is InChI=1S/C13H15N5O4/c1-3-21-11(19)8-18-12(15-16-17-18)10-7-9(5-6-14-10)13(20)22-4-2/h5-7H,3-4,8H2,1-2H3. The SMILES string of the molecule is CCOC(=O)Cn1nnnc1-c1cc(C(=O)OCC)ccn1. The first-order chi connectivity index (χ1) is 10.7. The van der Waals surface area contributed by atoms with Crippen LogP contribution in [0.1, 0.15) is 24.2 Å². The average molecular weight is 305 g/mol. The van der Waals surface area contributed by atoms with Gasteiger partial charge in [0.1, 0.15) is 12.2 Å². The topological polar surface area (TPSA) is 109 Å². The Morgan fingerprint density at radius 3 is 2.73 bits per heavy atom. The summed E-state index contributed by atoms with van der Waals surface area (Å²) in [5.74, 6) is -0.660. The van der Waals surface area contributed by atoms with Gasteiger partial charge in [-0.2, -0.15) is 0 Å². The van der Waals surface area contributed by atoms with E-state index in [1.807, 2.05) is 0 Å². The van der Waals surface area contributed by atoms with Gasteiger partial charge in [-0.3, -0.25) is 9.78 Å². The molecule has 0 saturated carbocycles. The number of aromatic nitrogens is 5. The molecule has 2 rings (SSSR count). The van der Waals surface area contributed by atoms with Gasteiger partial charge in [0.05, 0.1) is 18.8 Å². The minimum Gasteiger partial charge on any atom is -0.465 e. The first kappa shape index (κ1) is 15.5. The molecule has 0 spiro atoms. The molecule has 116 valence electrons. The van der Waals surface area contributed by atoms with Crippen LogP contribution >= 0.6 is 0 Å². The van der Waals surface area contributed by atoms with Crippen LogP contribution in [0.2, 0.25) is 0 Å². The molecule has 0 aromatic carbocycles. The van der Waals surface area contributed by atoms with Gasteiger partial charge in [-0.1, -0.05) is 0 Å². The van der Waals surface area contributed by atoms with Crippen LogP contribution in [0.4, 0.5) is 0 Å². The van der Waals surface area contributed by atoms with Gasteiger partial charge >= 0.3 is 11.9 Å². The third kappa shape index (κ3) is 3.62. The lowest BCUT2D eigenvalue weighted by Gasteiger charge is -2.05. The molecule has 0 aliphatic heterocycles. The zero-order chi connectivity index (χ0) is 15.9. The maximum absolute atomic E-state index is 11.7. The summed E-state index contributed by atoms with van der Waals surface area (Å²) in [5, 5.41) is 11.1. The van der Waals surface area contributed by atoms with Crippen LogP contribution in [0.15, 0.2) is 18.3 Å². The highest BCUT2D eigenvalue weighted by Crippen LogP contribution is 2.15. The van der Waals surface area contributed by atoms with E-state index in [0.29, 0.717) is 11.3 Å². The number of tetrazole rings is 1. The normalized spacial score (nSPS) is 10.3. The highest BCUT2D eigenvalue weighted by molar-refractivity contribution is 5.90. The Hall–Kier alpha value is -2.84. The number of pyridine rings is 1. The van der Waals surface area contributed by atoms with Crippen LogP contribution in [-0.2, 0) is 20.8 Å². The zero-order valence-corrected chi connectivity index (χ0v) is 12.2. The van der Waals surface area contributed by atoms with E-state index in [0.717, 1.165) is 0 Å². The zero-order valence-electron chi connectivity index (χ0n) is 12.2. The van der Waals surface area contributed by atoms with E-state index in [9.17, 15) is 9.59 Å². The summed E-state index contributed by atoms with van der Waals surface area (Å²) in [6, 6.07) is 3.03. The summed E-state index contributed by atoms with van der Waals surface area (Å²) in [4.78, 5) is 27.4. The van der Waals surface area contributed by atoms with Crippen LogP contribution in [-0.4, -0.2) is 50.3 Å². The number of hydrogen-bond acceptors (Lipinski definition) is 8. The monoisotopic (exact) mass is 305 g/mol. The van der Waals surface area contributed by atoms with Crippen molar-refractivity contribution in [2.24, 2.45) is 0 Å². The molecule has 0 fully saturated rings. The fourth-order valence-corrected chi connectivity index (χ4v) is 1.72. The summed E-state index contributed by atoms with van der Waals surface area (Å²) in [6.45, 7) is 3.84. The predicted molar refractivity (Wildman–Crippen MR) is 73.6 cm³/mol. The van der Waals surface area contributed by atoms with Crippen molar-refractivity contribution in [1.29, 1.82) is 0 Å². The maximum atomic E-state index is 11.7. The molecule has 0 unspecified atom stereocenters. The number of esters is 2. The highest BCUT2D eigenvalue weighted by Gasteiger charge is 2.16. The molecule has 22 heavy (non-hydrogen) atoms. The molecule has 2 heterocycles. The number of nitrogens with zero attached hydrogens (tertiary/aromatic N) is 5. The Kier molecular flexibility index (Phi) is 5.12. The quantitative estimate of drug-likeness (QED) is 0.709. The van der Waals surface area contributed by atoms with E-state index in [2.05, 4.69) is 20.5 Å². The molecule has 2 aromatic rings. The Morgan fingerprint density at radius 2 is 2.00 bits per heavy atom. The molecule has 0 aliphatic carbocycles. The minimum atomic E-state index is -0.462. The maximum Gasteiger partial charge on any atom is 0.338 e. The van der Waals surface area contributed by atoms with Gasteiger partial charge in [-0.15, -0.1) is 5.10 Å². The third-order valence-electron chi connectivity index (χ3n) is 2.62. The van der Waals surface area contributed by atoms with Crippen LogP contribution < -0.4 is 0 Å². The first-order valence-corrected chi connectivity index (χ1v) is 6.71. The lowest BCUT2D eigenvalue weighted by atomic mass is 10.2. The Labute approximate surface area is 126 Å². The van der Waals surface area contributed by atoms with Crippen molar-refractivity contribution < 1.29 is 19.1 Å². The van der Waals surface area contributed by atoms with Crippen molar-refractivity contribution >= 4 is 11.9 Å². The molecular formula is C13H15N5O4. The molecule has 0 amide bonds. The Morgan fingerprint density at radius 1 is 1.23 bits per heavy atom. The summed E-state index contributed by atoms with van der Waals surface area (Å²) < 4.78 is 11.0. The van der Waals surface area contributed by atoms with Crippen molar-refractivity contribution in [2.75, 3.05) is 13.2 Å². The van der Waals surface area contributed by atoms with Gasteiger partial charge in [0.15, 0.2) is 0 Å². The summed E-state index contributed by atoms with van der Waals surface area (Å²) in [6.07, 6.45) is 1.45. The molecule has 2 aromatic heterocycles. The summed E-state index contributed by atoms with van der Waals surface area (Å²) in [7, 11) is 0. The third-order valence-corrected chi connectivity index (χ3v) is 2.62. The molecule has 9 nitrogen and oxygen atoms in total. The van der Waals surface area contributed by atoms with E-state index in [1.54, 1.807) is 13.8 Å². The van der Waals surface area contributed by atoms with E-state index in [1.165, 1.54) is 23.0 Å². The molecule has 0 aliphatic rings. The smallest absolute Gasteiger partial charge is 0.338 e. The van der Waals surface area contributed by atoms with Crippen molar-refractivity contribution in [2.45, 2.75) is 20.4 Å². The van der Waals surface area contributed by atoms with Gasteiger partial charge in [0, 0.05) is 6.20 Å². The van der Waals surface area contributed by atoms with Crippen molar-refractivity contribution in [3.8, 4) is 11.5 Å². The average Bonchev–Trinajstić information content (AvgIpc) is 2.96. The second kappa shape index (κ2) is 7.25. The van der Waals surface area contributed by atoms with Gasteiger partial charge in [0.2, 0.25) is 5.82 Å². The van der Waals surface area contributed by atoms with Crippen molar-refractivity contribution in [3.63, 3.8) is 0 Å². The second-order valence-electron chi connectivity index (χ2n) is 4.12. The van der Waals surface area contributed by atoms with Crippen LogP contribution in [0.25, 0.3) is 11.5 Å². The highest BCUT2D eigenvalue weighted by atomic mass is 16.5. The van der Waals surface area contributed by atoms with Crippen LogP contribution in [0, 0.1) is 0 Å². The Balaban J connectivity index is 2.25. The molecule has 0 N–H and O–H groups in total. The van der Waals surface area contributed by atoms with E-state index in [4.69, 9.17) is 9.47 Å². The van der Waals surface area contributed by atoms with Gasteiger partial charge in [0.25, 0.3) is 0 Å². The van der Waals surface area contributed by atoms with E-state index < -0.39 is 11.9 Å². The number of hydrogen-bond donors (Lipinski definition) is 0. The van der Waals surface area contributed by atoms with Gasteiger partial charge < -0.3 is 9.47 Å². The number of carbonyl (C=O) groups excluding carboxylic acids is 2. The fraction of sp³-hybridized carbons (Fsp3) is 0.385. The molecule has 0 saturated heterocycles. The number of rotatable bonds is 6. The van der Waals surface area contributed by atoms with Gasteiger partial charge in [-0.25, -0.2) is 9.48 Å².